The van der Waals surface area contributed by atoms with Gasteiger partial charge < -0.3 is 15.1 Å². The number of halogens is 2. The molecule has 7 heteroatoms. The summed E-state index contributed by atoms with van der Waals surface area (Å²) < 4.78 is 19.2. The number of nitrogens with one attached hydrogen (secondary N) is 2. The second kappa shape index (κ2) is 6.32. The summed E-state index contributed by atoms with van der Waals surface area (Å²) in [6.07, 6.45) is 0. The van der Waals surface area contributed by atoms with Crippen molar-refractivity contribution in [2.75, 3.05) is 5.32 Å². The first-order valence-electron chi connectivity index (χ1n) is 6.24. The Morgan fingerprint density at radius 2 is 2.10 bits per heavy atom. The lowest BCUT2D eigenvalue weighted by molar-refractivity contribution is 0.460. The largest absolute Gasteiger partial charge is 0.406 e. The number of hydrogen-bond donors (Lipinski definition) is 2. The lowest BCUT2D eigenvalue weighted by Crippen LogP contribution is -2.21. The summed E-state index contributed by atoms with van der Waals surface area (Å²) in [6, 6.07) is 3.70. The summed E-state index contributed by atoms with van der Waals surface area (Å²) >= 11 is 3.15. The Morgan fingerprint density at radius 1 is 1.35 bits per heavy atom. The summed E-state index contributed by atoms with van der Waals surface area (Å²) in [5, 5.41) is 14.0. The molecule has 0 aliphatic heterocycles. The van der Waals surface area contributed by atoms with Gasteiger partial charge in [-0.05, 0) is 40.5 Å². The van der Waals surface area contributed by atoms with Gasteiger partial charge in [-0.15, -0.1) is 5.10 Å². The first kappa shape index (κ1) is 14.9. The summed E-state index contributed by atoms with van der Waals surface area (Å²) in [5.74, 6) is 0.195. The van der Waals surface area contributed by atoms with Crippen molar-refractivity contribution in [1.82, 2.24) is 15.5 Å². The topological polar surface area (TPSA) is 63.0 Å². The van der Waals surface area contributed by atoms with E-state index in [1.807, 2.05) is 13.8 Å². The van der Waals surface area contributed by atoms with Crippen LogP contribution in [-0.4, -0.2) is 16.2 Å². The summed E-state index contributed by atoms with van der Waals surface area (Å²) in [6.45, 7) is 6.39. The van der Waals surface area contributed by atoms with Crippen LogP contribution in [0.3, 0.4) is 0 Å². The highest BCUT2D eigenvalue weighted by atomic mass is 79.9. The Balaban J connectivity index is 2.09. The van der Waals surface area contributed by atoms with Gasteiger partial charge in [0.25, 0.3) is 0 Å². The first-order chi connectivity index (χ1) is 9.45. The quantitative estimate of drug-likeness (QED) is 0.870. The van der Waals surface area contributed by atoms with Crippen molar-refractivity contribution in [2.24, 2.45) is 0 Å². The molecule has 0 atom stereocenters. The van der Waals surface area contributed by atoms with Crippen LogP contribution in [0.1, 0.15) is 25.3 Å². The molecular formula is C13H16BrFN4O. The number of aromatic nitrogens is 2. The Labute approximate surface area is 125 Å². The fourth-order valence-electron chi connectivity index (χ4n) is 1.56. The second-order valence-electron chi connectivity index (χ2n) is 4.74. The van der Waals surface area contributed by atoms with Gasteiger partial charge in [0.05, 0.1) is 11.0 Å². The molecule has 5 nitrogen and oxygen atoms in total. The van der Waals surface area contributed by atoms with Gasteiger partial charge in [-0.1, -0.05) is 18.9 Å². The average Bonchev–Trinajstić information content (AvgIpc) is 2.81. The zero-order chi connectivity index (χ0) is 14.7. The Hall–Kier alpha value is -1.47. The zero-order valence-corrected chi connectivity index (χ0v) is 13.1. The van der Waals surface area contributed by atoms with Crippen LogP contribution in [0.2, 0.25) is 0 Å². The van der Waals surface area contributed by atoms with E-state index in [2.05, 4.69) is 36.8 Å². The van der Waals surface area contributed by atoms with Crippen LogP contribution in [0.15, 0.2) is 21.0 Å². The van der Waals surface area contributed by atoms with Crippen molar-refractivity contribution < 1.29 is 8.81 Å². The predicted octanol–water partition coefficient (Wildman–Crippen LogP) is 3.52. The first-order valence-corrected chi connectivity index (χ1v) is 7.03. The van der Waals surface area contributed by atoms with Gasteiger partial charge in [-0.25, -0.2) is 4.39 Å². The lowest BCUT2D eigenvalue weighted by Gasteiger charge is -2.07. The third kappa shape index (κ3) is 3.77. The number of aryl methyl sites for hydroxylation is 1. The Kier molecular flexibility index (Phi) is 4.72. The molecule has 20 heavy (non-hydrogen) atoms. The van der Waals surface area contributed by atoms with E-state index in [9.17, 15) is 4.39 Å². The van der Waals surface area contributed by atoms with Gasteiger partial charge in [0, 0.05) is 11.7 Å². The monoisotopic (exact) mass is 342 g/mol. The molecule has 0 spiro atoms. The molecule has 1 aromatic heterocycles. The van der Waals surface area contributed by atoms with Gasteiger partial charge in [0.2, 0.25) is 5.89 Å². The van der Waals surface area contributed by atoms with Gasteiger partial charge >= 0.3 is 6.01 Å². The molecule has 0 fully saturated rings. The van der Waals surface area contributed by atoms with Crippen molar-refractivity contribution in [3.8, 4) is 0 Å². The van der Waals surface area contributed by atoms with Crippen LogP contribution >= 0.6 is 15.9 Å². The van der Waals surface area contributed by atoms with E-state index < -0.39 is 0 Å². The third-order valence-corrected chi connectivity index (χ3v) is 3.24. The average molecular weight is 343 g/mol. The van der Waals surface area contributed by atoms with Crippen LogP contribution in [0, 0.1) is 12.7 Å². The summed E-state index contributed by atoms with van der Waals surface area (Å²) in [7, 11) is 0. The molecule has 1 aromatic carbocycles. The maximum Gasteiger partial charge on any atom is 0.320 e. The minimum Gasteiger partial charge on any atom is -0.406 e. The normalized spacial score (nSPS) is 11.1. The van der Waals surface area contributed by atoms with Gasteiger partial charge in [-0.3, -0.25) is 0 Å². The molecular weight excluding hydrogens is 327 g/mol. The Bertz CT molecular complexity index is 600. The van der Waals surface area contributed by atoms with E-state index in [0.29, 0.717) is 28.6 Å². The third-order valence-electron chi connectivity index (χ3n) is 2.64. The van der Waals surface area contributed by atoms with E-state index in [0.717, 1.165) is 5.56 Å². The van der Waals surface area contributed by atoms with E-state index in [4.69, 9.17) is 4.42 Å². The number of hydrogen-bond acceptors (Lipinski definition) is 5. The van der Waals surface area contributed by atoms with E-state index in [-0.39, 0.29) is 11.8 Å². The number of nitrogens with zero attached hydrogens (tertiary/aromatic N) is 2. The smallest absolute Gasteiger partial charge is 0.320 e. The molecule has 0 saturated carbocycles. The van der Waals surface area contributed by atoms with Crippen molar-refractivity contribution in [3.63, 3.8) is 0 Å². The fourth-order valence-corrected chi connectivity index (χ4v) is 1.91. The SMILES string of the molecule is Cc1cc(F)c(Br)cc1Nc1nnc(CNC(C)C)o1. The van der Waals surface area contributed by atoms with E-state index in [1.54, 1.807) is 13.0 Å². The molecule has 2 rings (SSSR count). The standard InChI is InChI=1S/C13H16BrFN4O/c1-7(2)16-6-12-18-19-13(20-12)17-11-5-9(14)10(15)4-8(11)3/h4-5,7,16H,6H2,1-3H3,(H,17,19). The fraction of sp³-hybridized carbons (Fsp3) is 0.385. The van der Waals surface area contributed by atoms with Crippen LogP contribution in [0.5, 0.6) is 0 Å². The highest BCUT2D eigenvalue weighted by Crippen LogP contribution is 2.26. The minimum absolute atomic E-state index is 0.284. The zero-order valence-electron chi connectivity index (χ0n) is 11.5. The maximum absolute atomic E-state index is 13.3. The van der Waals surface area contributed by atoms with Crippen LogP contribution in [0.4, 0.5) is 16.1 Å². The van der Waals surface area contributed by atoms with Gasteiger partial charge in [0.15, 0.2) is 0 Å². The number of anilines is 2. The molecule has 2 aromatic rings. The van der Waals surface area contributed by atoms with Crippen LogP contribution in [-0.2, 0) is 6.54 Å². The Morgan fingerprint density at radius 3 is 2.80 bits per heavy atom. The molecule has 0 bridgehead atoms. The second-order valence-corrected chi connectivity index (χ2v) is 5.60. The molecule has 0 unspecified atom stereocenters. The van der Waals surface area contributed by atoms with Crippen LogP contribution in [0.25, 0.3) is 0 Å². The van der Waals surface area contributed by atoms with Crippen molar-refractivity contribution >= 4 is 27.6 Å². The van der Waals surface area contributed by atoms with Crippen molar-refractivity contribution in [3.05, 3.63) is 33.9 Å². The molecule has 0 aliphatic rings. The van der Waals surface area contributed by atoms with Crippen molar-refractivity contribution in [2.45, 2.75) is 33.4 Å². The molecule has 0 aliphatic carbocycles. The maximum atomic E-state index is 13.3. The summed E-state index contributed by atoms with van der Waals surface area (Å²) in [5.41, 5.74) is 1.47. The van der Waals surface area contributed by atoms with Gasteiger partial charge in [0.1, 0.15) is 5.82 Å². The van der Waals surface area contributed by atoms with E-state index >= 15 is 0 Å². The summed E-state index contributed by atoms with van der Waals surface area (Å²) in [4.78, 5) is 0. The minimum atomic E-state index is -0.305. The highest BCUT2D eigenvalue weighted by molar-refractivity contribution is 9.10. The highest BCUT2D eigenvalue weighted by Gasteiger charge is 2.10. The number of rotatable bonds is 5. The predicted molar refractivity (Wildman–Crippen MR) is 78.4 cm³/mol. The molecule has 108 valence electrons. The molecule has 1 heterocycles. The molecule has 0 saturated heterocycles. The molecule has 0 amide bonds. The van der Waals surface area contributed by atoms with Crippen molar-refractivity contribution in [1.29, 1.82) is 0 Å². The van der Waals surface area contributed by atoms with Gasteiger partial charge in [-0.2, -0.15) is 0 Å². The number of benzene rings is 1. The molecule has 2 N–H and O–H groups in total. The van der Waals surface area contributed by atoms with E-state index in [1.165, 1.54) is 6.07 Å². The van der Waals surface area contributed by atoms with Crippen LogP contribution < -0.4 is 10.6 Å². The molecule has 0 radical (unpaired) electrons. The lowest BCUT2D eigenvalue weighted by atomic mass is 10.2.